The van der Waals surface area contributed by atoms with E-state index in [1.54, 1.807) is 72.8 Å². The molecule has 6 aliphatic carbocycles. The molecule has 3 aromatic rings. The van der Waals surface area contributed by atoms with Gasteiger partial charge in [0, 0.05) is 37.8 Å². The van der Waals surface area contributed by atoms with E-state index in [1.165, 1.54) is 42.1 Å². The quantitative estimate of drug-likeness (QED) is 0.0296. The first-order valence-electron chi connectivity index (χ1n) is 37.2. The fourth-order valence-corrected chi connectivity index (χ4v) is 23.1. The van der Waals surface area contributed by atoms with Crippen molar-refractivity contribution >= 4 is 55.7 Å². The van der Waals surface area contributed by atoms with E-state index in [-0.39, 0.29) is 58.2 Å². The van der Waals surface area contributed by atoms with Crippen LogP contribution in [0, 0.1) is 17.8 Å². The molecule has 3 aromatic carbocycles. The van der Waals surface area contributed by atoms with Crippen molar-refractivity contribution in [3.8, 4) is 17.2 Å². The lowest BCUT2D eigenvalue weighted by Crippen LogP contribution is -2.64. The Morgan fingerprint density at radius 1 is 0.411 bits per heavy atom. The van der Waals surface area contributed by atoms with Crippen LogP contribution in [0.2, 0.25) is 0 Å². The number of hydrogen-bond donors (Lipinski definition) is 3. The molecule has 21 atom stereocenters. The lowest BCUT2D eigenvalue weighted by Gasteiger charge is -2.44. The summed E-state index contributed by atoms with van der Waals surface area (Å²) in [6.07, 6.45) is -24.4. The number of alkyl halides is 9. The minimum Gasteiger partial charge on any atom is -0.497 e. The smallest absolute Gasteiger partial charge is 0.497 e. The molecule has 3 amide bonds. The van der Waals surface area contributed by atoms with Crippen molar-refractivity contribution in [3.05, 3.63) is 89.5 Å². The third kappa shape index (κ3) is 16.1. The molecular weight excluding hydrogens is 1560 g/mol. The Morgan fingerprint density at radius 3 is 0.875 bits per heavy atom. The van der Waals surface area contributed by atoms with Crippen LogP contribution in [0.1, 0.15) is 95.2 Å². The molecule has 624 valence electrons. The van der Waals surface area contributed by atoms with E-state index in [4.69, 9.17) is 56.6 Å². The highest BCUT2D eigenvalue weighted by molar-refractivity contribution is 7.90. The molecule has 9 aliphatic rings. The largest absolute Gasteiger partial charge is 0.641 e. The predicted octanol–water partition coefficient (Wildman–Crippen LogP) is 7.89. The Morgan fingerprint density at radius 2 is 0.652 bits per heavy atom. The summed E-state index contributed by atoms with van der Waals surface area (Å²) in [7, 11) is -8.80. The molecule has 27 nitrogen and oxygen atoms in total. The molecule has 3 heterocycles. The topological polar surface area (TPSA) is 310 Å². The molecule has 112 heavy (non-hydrogen) atoms. The number of nitrogens with one attached hydrogen (secondary N) is 3. The highest BCUT2D eigenvalue weighted by atomic mass is 32.2. The number of benzene rings is 3. The second kappa shape index (κ2) is 32.7. The molecule has 12 rings (SSSR count). The number of nitrogens with zero attached hydrogens (tertiary/aromatic N) is 3. The third-order valence-corrected chi connectivity index (χ3v) is 30.0. The molecule has 3 saturated heterocycles. The normalized spacial score (nSPS) is 34.7. The fraction of sp³-hybridized carbons (Fsp3) is 0.708. The Bertz CT molecular complexity index is 3790. The lowest BCUT2D eigenvalue weighted by molar-refractivity contribution is -0.258. The van der Waals surface area contributed by atoms with E-state index < -0.39 is 255 Å². The molecule has 0 spiro atoms. The van der Waals surface area contributed by atoms with Gasteiger partial charge in [0.05, 0.1) is 98.9 Å². The van der Waals surface area contributed by atoms with Gasteiger partial charge in [-0.2, -0.15) is 0 Å². The van der Waals surface area contributed by atoms with Crippen LogP contribution in [0.3, 0.4) is 0 Å². The number of methoxy groups -OCH3 is 6. The third-order valence-electron chi connectivity index (χ3n) is 24.3. The summed E-state index contributed by atoms with van der Waals surface area (Å²) in [5, 5.41) is -4.40. The van der Waals surface area contributed by atoms with Crippen LogP contribution in [0.4, 0.5) is 53.9 Å². The van der Waals surface area contributed by atoms with Crippen LogP contribution in [-0.2, 0) is 91.7 Å². The molecule has 12 unspecified atom stereocenters. The number of amides is 3. The molecule has 6 saturated carbocycles. The number of rotatable bonds is 33. The molecule has 0 aromatic heterocycles. The van der Waals surface area contributed by atoms with E-state index in [9.17, 15) is 39.6 Å². The van der Waals surface area contributed by atoms with Crippen LogP contribution in [-0.4, -0.2) is 271 Å². The number of fused-ring (bicyclic) bond motifs is 3. The first-order chi connectivity index (χ1) is 52.8. The Labute approximate surface area is 645 Å². The second-order valence-electron chi connectivity index (χ2n) is 30.7. The number of likely N-dealkylation sites (tertiary alicyclic amines) is 3. The molecule has 0 radical (unpaired) electrons. The van der Waals surface area contributed by atoms with Gasteiger partial charge in [-0.15, -0.1) is 0 Å². The van der Waals surface area contributed by atoms with Gasteiger partial charge in [0.15, 0.2) is 18.5 Å². The van der Waals surface area contributed by atoms with Gasteiger partial charge in [-0.3, -0.25) is 14.7 Å². The summed E-state index contributed by atoms with van der Waals surface area (Å²) in [6.45, 7) is 1.56. The highest BCUT2D eigenvalue weighted by Crippen LogP contribution is 2.70. The minimum atomic E-state index is -4.79. The predicted molar refractivity (Wildman–Crippen MR) is 383 cm³/mol. The van der Waals surface area contributed by atoms with E-state index in [0.29, 0.717) is 17.2 Å². The second-order valence-corrected chi connectivity index (χ2v) is 36.7. The highest BCUT2D eigenvalue weighted by Gasteiger charge is 2.85. The maximum atomic E-state index is 17.5. The van der Waals surface area contributed by atoms with Crippen LogP contribution in [0.5, 0.6) is 17.2 Å². The van der Waals surface area contributed by atoms with E-state index >= 15 is 39.5 Å². The van der Waals surface area contributed by atoms with Crippen molar-refractivity contribution in [1.29, 1.82) is 0 Å². The number of sulfonamides is 3. The minimum absolute atomic E-state index is 0.126. The van der Waals surface area contributed by atoms with Gasteiger partial charge in [-0.25, -0.2) is 93.3 Å². The van der Waals surface area contributed by atoms with Crippen LogP contribution in [0.25, 0.3) is 0 Å². The summed E-state index contributed by atoms with van der Waals surface area (Å²) in [5.41, 5.74) is -7.31. The van der Waals surface area contributed by atoms with E-state index in [0.717, 1.165) is 52.7 Å². The maximum absolute atomic E-state index is 17.5. The van der Waals surface area contributed by atoms with E-state index in [1.807, 2.05) is 0 Å². The van der Waals surface area contributed by atoms with Gasteiger partial charge in [0.1, 0.15) is 49.8 Å². The summed E-state index contributed by atoms with van der Waals surface area (Å²) >= 11 is 0. The molecule has 3 aliphatic heterocycles. The molecular formula is C72H96BF9N6O21S3. The molecule has 3 N–H and O–H groups in total. The van der Waals surface area contributed by atoms with Crippen LogP contribution >= 0.6 is 0 Å². The Kier molecular flexibility index (Phi) is 24.9. The zero-order valence-corrected chi connectivity index (χ0v) is 65.6. The molecule has 0 bridgehead atoms. The van der Waals surface area contributed by atoms with Gasteiger partial charge in [-0.1, -0.05) is 36.4 Å². The first kappa shape index (κ1) is 85.2. The number of carbonyl (C=O) groups is 3. The van der Waals surface area contributed by atoms with Crippen LogP contribution < -0.4 is 28.4 Å². The van der Waals surface area contributed by atoms with Crippen LogP contribution in [0.15, 0.2) is 72.8 Å². The standard InChI is InChI=1S/C72H96BF9N6O21S3/c1-40-28-58(110(92,93)83-25-22-43-10-16-49(98-4)17-11-43)52(86(40)64(89)101-7)37-104-55-31-46-34-67(46,70(77,78)61(55)74)107-73(108-68-35-47(68)32-56(62(75)71(68,79)80)105-38-53-59(29-41(2)87(53)65(90)102-8)111(94,95)84-26-23-44-12-18-50(99-5)19-13-44)109-69-36-48(69)33-57(63(76)72(69,81)82)106-39-54-60(30-42(3)88(54)66(91)103-9)112(96,97)85-27-24-45-14-20-51(100-6)21-15-45/h10-21,40-42,46-48,52-63,83-85H,22-39H2,1-9H3/t40-,41-,42-,46?,47?,48?,52-,53-,54-,55?,56?,57?,58+,59+,60+,61?,62?,63?,67?,68?,69?/m1/s1. The zero-order chi connectivity index (χ0) is 81.2. The lowest BCUT2D eigenvalue weighted by atomic mass is 9.86. The van der Waals surface area contributed by atoms with Crippen molar-refractivity contribution in [2.45, 2.75) is 221 Å². The molecule has 9 fully saturated rings. The average Bonchev–Trinajstić information content (AvgIpc) is 1.51. The summed E-state index contributed by atoms with van der Waals surface area (Å²) in [6, 6.07) is 13.4. The number of carbonyl (C=O) groups excluding carboxylic acids is 3. The zero-order valence-electron chi connectivity index (χ0n) is 63.2. The van der Waals surface area contributed by atoms with Gasteiger partial charge < -0.3 is 56.6 Å². The van der Waals surface area contributed by atoms with Gasteiger partial charge in [-0.05, 0) is 169 Å². The van der Waals surface area contributed by atoms with Crippen molar-refractivity contribution in [2.75, 3.05) is 82.1 Å². The van der Waals surface area contributed by atoms with Crippen molar-refractivity contribution in [2.24, 2.45) is 17.8 Å². The fourth-order valence-electron chi connectivity index (χ4n) is 17.8. The SMILES string of the molecule is COC(=O)N1[C@H](C)C[C@H](S(=O)(=O)NCCc2ccc(OC)cc2)[C@H]1COC1CC2CC2(OB(OC23CC2CC(OC[C@@H]2[C@@H](S(=O)(=O)NCCc4ccc(OC)cc4)C[C@@H](C)N2C(=O)OC)C(F)C3(F)F)OC23CC2CC(OC[C@@H]2[C@@H](S(=O)(=O)NCCc4ccc(OC)cc4)C[C@@H](C)N2C(=O)OC)C(F)C3(F)F)C(F)(F)C1F. The van der Waals surface area contributed by atoms with Gasteiger partial charge in [0.25, 0.3) is 0 Å². The number of halogens is 9. The summed E-state index contributed by atoms with van der Waals surface area (Å²) in [5.74, 6) is -17.4. The Balaban J connectivity index is 0.777. The maximum Gasteiger partial charge on any atom is 0.641 e. The van der Waals surface area contributed by atoms with Crippen molar-refractivity contribution in [1.82, 2.24) is 28.9 Å². The van der Waals surface area contributed by atoms with Crippen molar-refractivity contribution in [3.63, 3.8) is 0 Å². The monoisotopic (exact) mass is 1660 g/mol. The molecule has 40 heteroatoms. The van der Waals surface area contributed by atoms with Gasteiger partial charge in [0.2, 0.25) is 30.1 Å². The summed E-state index contributed by atoms with van der Waals surface area (Å²) < 4.78 is 314. The van der Waals surface area contributed by atoms with Gasteiger partial charge >= 0.3 is 43.4 Å². The number of ether oxygens (including phenoxy) is 9. The number of hydrogen-bond acceptors (Lipinski definition) is 21. The first-order valence-corrected chi connectivity index (χ1v) is 41.9. The van der Waals surface area contributed by atoms with E-state index in [2.05, 4.69) is 14.2 Å². The Hall–Kier alpha value is -6.21. The summed E-state index contributed by atoms with van der Waals surface area (Å²) in [4.78, 5) is 43.0. The van der Waals surface area contributed by atoms with Crippen molar-refractivity contribution < 1.29 is 136 Å². The average molecular weight is 1660 g/mol.